The Morgan fingerprint density at radius 1 is 1.22 bits per heavy atom. The van der Waals surface area contributed by atoms with E-state index in [0.717, 1.165) is 26.4 Å². The molecule has 3 amide bonds. The van der Waals surface area contributed by atoms with Crippen LogP contribution in [0.2, 0.25) is 0 Å². The van der Waals surface area contributed by atoms with Crippen LogP contribution in [0.3, 0.4) is 0 Å². The molecule has 0 saturated carbocycles. The summed E-state index contributed by atoms with van der Waals surface area (Å²) in [4.78, 5) is 21.1. The van der Waals surface area contributed by atoms with Crippen molar-refractivity contribution in [1.29, 1.82) is 0 Å². The van der Waals surface area contributed by atoms with Crippen LogP contribution in [0.4, 0.5) is 4.79 Å². The normalized spacial score (nSPS) is 31.0. The lowest BCUT2D eigenvalue weighted by Gasteiger charge is -2.11. The summed E-state index contributed by atoms with van der Waals surface area (Å²) >= 11 is 0. The topological polar surface area (TPSA) is 92.5 Å². The number of ether oxygens (including phenoxy) is 3. The van der Waals surface area contributed by atoms with Gasteiger partial charge in [0.2, 0.25) is 0 Å². The second-order valence-corrected chi connectivity index (χ2v) is 4.98. The first-order valence-electron chi connectivity index (χ1n) is 5.92. The third-order valence-corrected chi connectivity index (χ3v) is 2.63. The number of carbonyl (C=O) groups excluding carboxylic acids is 2. The molecule has 0 aliphatic carbocycles. The van der Waals surface area contributed by atoms with Crippen molar-refractivity contribution in [1.82, 2.24) is 10.6 Å². The summed E-state index contributed by atoms with van der Waals surface area (Å²) in [7, 11) is 0. The molecule has 3 rings (SSSR count). The van der Waals surface area contributed by atoms with Crippen molar-refractivity contribution < 1.29 is 23.8 Å². The fraction of sp³-hybridized carbons (Fsp3) is 0.818. The Balaban J connectivity index is 0.000000134. The first kappa shape index (κ1) is 13.3. The molecule has 0 bridgehead atoms. The van der Waals surface area contributed by atoms with Crippen molar-refractivity contribution in [2.24, 2.45) is 0 Å². The second kappa shape index (κ2) is 5.21. The van der Waals surface area contributed by atoms with Crippen molar-refractivity contribution in [2.75, 3.05) is 26.4 Å². The second-order valence-electron chi connectivity index (χ2n) is 4.98. The van der Waals surface area contributed by atoms with Crippen LogP contribution in [0, 0.1) is 0 Å². The highest BCUT2D eigenvalue weighted by Crippen LogP contribution is 2.12. The van der Waals surface area contributed by atoms with Crippen molar-refractivity contribution in [3.8, 4) is 0 Å². The summed E-state index contributed by atoms with van der Waals surface area (Å²) in [6, 6.07) is -0.412. The molecule has 2 N–H and O–H groups in total. The zero-order valence-corrected chi connectivity index (χ0v) is 10.5. The zero-order chi connectivity index (χ0) is 13.2. The quantitative estimate of drug-likeness (QED) is 0.519. The predicted octanol–water partition coefficient (Wildman–Crippen LogP) is -0.595. The molecule has 3 aliphatic rings. The summed E-state index contributed by atoms with van der Waals surface area (Å²) < 4.78 is 15.1. The van der Waals surface area contributed by atoms with E-state index in [0.29, 0.717) is 12.2 Å². The van der Waals surface area contributed by atoms with Gasteiger partial charge in [-0.3, -0.25) is 10.1 Å². The molecule has 0 radical (unpaired) electrons. The number of amides is 3. The lowest BCUT2D eigenvalue weighted by Crippen LogP contribution is -2.39. The predicted molar refractivity (Wildman–Crippen MR) is 61.1 cm³/mol. The molecule has 18 heavy (non-hydrogen) atoms. The molecule has 3 heterocycles. The van der Waals surface area contributed by atoms with E-state index in [4.69, 9.17) is 14.2 Å². The van der Waals surface area contributed by atoms with Crippen LogP contribution in [0.25, 0.3) is 0 Å². The Hall–Kier alpha value is -1.18. The Bertz CT molecular complexity index is 324. The van der Waals surface area contributed by atoms with E-state index < -0.39 is 11.6 Å². The molecule has 0 aromatic heterocycles. The summed E-state index contributed by atoms with van der Waals surface area (Å²) in [6.07, 6.45) is 0.785. The van der Waals surface area contributed by atoms with Gasteiger partial charge in [-0.2, -0.15) is 0 Å². The first-order chi connectivity index (χ1) is 8.47. The first-order valence-corrected chi connectivity index (χ1v) is 5.92. The molecule has 7 heteroatoms. The van der Waals surface area contributed by atoms with Gasteiger partial charge in [-0.1, -0.05) is 0 Å². The molecular formula is C11H18N2O5. The standard InChI is InChI=1S/C6H10O3.C5H8N2O2/c1(5-3-8-5)7-2-6-4-9-6;1-5(2)3(8)6-4(9)7-5/h5-6H,1-4H2;1-2H3,(H2,6,7,8,9). The highest BCUT2D eigenvalue weighted by molar-refractivity contribution is 6.06. The van der Waals surface area contributed by atoms with E-state index in [9.17, 15) is 9.59 Å². The van der Waals surface area contributed by atoms with Gasteiger partial charge in [0.25, 0.3) is 5.91 Å². The van der Waals surface area contributed by atoms with E-state index in [2.05, 4.69) is 10.6 Å². The Morgan fingerprint density at radius 3 is 1.94 bits per heavy atom. The van der Waals surface area contributed by atoms with E-state index in [1.54, 1.807) is 13.8 Å². The maximum absolute atomic E-state index is 10.7. The van der Waals surface area contributed by atoms with Gasteiger partial charge in [0.15, 0.2) is 0 Å². The lowest BCUT2D eigenvalue weighted by molar-refractivity contribution is -0.122. The largest absolute Gasteiger partial charge is 0.376 e. The third kappa shape index (κ3) is 4.25. The van der Waals surface area contributed by atoms with E-state index >= 15 is 0 Å². The Morgan fingerprint density at radius 2 is 1.72 bits per heavy atom. The van der Waals surface area contributed by atoms with Crippen LogP contribution >= 0.6 is 0 Å². The van der Waals surface area contributed by atoms with E-state index in [1.165, 1.54) is 0 Å². The zero-order valence-electron chi connectivity index (χ0n) is 10.5. The molecule has 7 nitrogen and oxygen atoms in total. The van der Waals surface area contributed by atoms with E-state index in [1.807, 2.05) is 0 Å². The monoisotopic (exact) mass is 258 g/mol. The number of hydrogen-bond donors (Lipinski definition) is 2. The van der Waals surface area contributed by atoms with Gasteiger partial charge >= 0.3 is 6.03 Å². The molecule has 0 aromatic carbocycles. The minimum Gasteiger partial charge on any atom is -0.376 e. The number of nitrogens with one attached hydrogen (secondary N) is 2. The smallest absolute Gasteiger partial charge is 0.322 e. The van der Waals surface area contributed by atoms with Gasteiger partial charge in [-0.25, -0.2) is 4.79 Å². The molecular weight excluding hydrogens is 240 g/mol. The number of urea groups is 1. The molecule has 3 saturated heterocycles. The van der Waals surface area contributed by atoms with E-state index in [-0.39, 0.29) is 5.91 Å². The molecule has 0 aromatic rings. The Labute approximate surface area is 105 Å². The van der Waals surface area contributed by atoms with Crippen LogP contribution < -0.4 is 10.6 Å². The number of epoxide rings is 2. The molecule has 3 fully saturated rings. The van der Waals surface area contributed by atoms with Crippen LogP contribution in [-0.2, 0) is 19.0 Å². The minimum absolute atomic E-state index is 0.271. The fourth-order valence-electron chi connectivity index (χ4n) is 1.29. The number of hydrogen-bond acceptors (Lipinski definition) is 5. The van der Waals surface area contributed by atoms with Gasteiger partial charge < -0.3 is 19.5 Å². The summed E-state index contributed by atoms with van der Waals surface area (Å²) in [6.45, 7) is 6.55. The number of rotatable bonds is 4. The highest BCUT2D eigenvalue weighted by atomic mass is 16.6. The SMILES string of the molecule is C(OCC1CO1)C1CO1.CC1(C)NC(=O)NC1=O. The average molecular weight is 258 g/mol. The van der Waals surface area contributed by atoms with Crippen molar-refractivity contribution in [2.45, 2.75) is 31.6 Å². The van der Waals surface area contributed by atoms with Gasteiger partial charge in [0.1, 0.15) is 17.7 Å². The lowest BCUT2D eigenvalue weighted by atomic mass is 10.1. The van der Waals surface area contributed by atoms with Crippen LogP contribution in [-0.4, -0.2) is 56.1 Å². The van der Waals surface area contributed by atoms with Crippen molar-refractivity contribution in [3.05, 3.63) is 0 Å². The minimum atomic E-state index is -0.725. The molecule has 2 atom stereocenters. The maximum atomic E-state index is 10.7. The van der Waals surface area contributed by atoms with Crippen molar-refractivity contribution >= 4 is 11.9 Å². The number of carbonyl (C=O) groups is 2. The van der Waals surface area contributed by atoms with Gasteiger partial charge in [-0.05, 0) is 13.8 Å². The summed E-state index contributed by atoms with van der Waals surface area (Å²) in [5.41, 5.74) is -0.725. The molecule has 102 valence electrons. The van der Waals surface area contributed by atoms with Crippen LogP contribution in [0.1, 0.15) is 13.8 Å². The fourth-order valence-corrected chi connectivity index (χ4v) is 1.29. The third-order valence-electron chi connectivity index (χ3n) is 2.63. The van der Waals surface area contributed by atoms with Gasteiger partial charge in [-0.15, -0.1) is 0 Å². The molecule has 0 spiro atoms. The van der Waals surface area contributed by atoms with Crippen molar-refractivity contribution in [3.63, 3.8) is 0 Å². The van der Waals surface area contributed by atoms with Gasteiger partial charge in [0.05, 0.1) is 26.4 Å². The summed E-state index contributed by atoms with van der Waals surface area (Å²) in [5.74, 6) is -0.271. The average Bonchev–Trinajstić information content (AvgIpc) is 3.10. The highest BCUT2D eigenvalue weighted by Gasteiger charge is 2.36. The Kier molecular flexibility index (Phi) is 3.84. The summed E-state index contributed by atoms with van der Waals surface area (Å²) in [5, 5.41) is 4.56. The van der Waals surface area contributed by atoms with Gasteiger partial charge in [0, 0.05) is 0 Å². The molecule has 3 aliphatic heterocycles. The van der Waals surface area contributed by atoms with Crippen LogP contribution in [0.5, 0.6) is 0 Å². The van der Waals surface area contributed by atoms with Crippen LogP contribution in [0.15, 0.2) is 0 Å². The number of imide groups is 1. The molecule has 2 unspecified atom stereocenters. The maximum Gasteiger partial charge on any atom is 0.322 e.